The van der Waals surface area contributed by atoms with Gasteiger partial charge in [-0.1, -0.05) is 66.2 Å². The summed E-state index contributed by atoms with van der Waals surface area (Å²) in [4.78, 5) is 48.1. The van der Waals surface area contributed by atoms with Crippen molar-refractivity contribution in [1.29, 1.82) is 0 Å². The highest BCUT2D eigenvalue weighted by molar-refractivity contribution is 7.21. The van der Waals surface area contributed by atoms with Crippen molar-refractivity contribution in [2.45, 2.75) is 39.3 Å². The van der Waals surface area contributed by atoms with Crippen LogP contribution in [0, 0.1) is 13.8 Å². The monoisotopic (exact) mass is 559 g/mol. The molecule has 0 bridgehead atoms. The molecule has 6 nitrogen and oxygen atoms in total. The Kier molecular flexibility index (Phi) is 7.20. The molecule has 0 N–H and O–H groups in total. The van der Waals surface area contributed by atoms with Crippen molar-refractivity contribution >= 4 is 45.0 Å². The number of imide groups is 1. The summed E-state index contributed by atoms with van der Waals surface area (Å²) in [5.74, 6) is -0.887. The molecule has 41 heavy (non-hydrogen) atoms. The van der Waals surface area contributed by atoms with E-state index in [0.717, 1.165) is 37.5 Å². The lowest BCUT2D eigenvalue weighted by molar-refractivity contribution is -0.138. The second kappa shape index (κ2) is 11.1. The van der Waals surface area contributed by atoms with Gasteiger partial charge in [-0.25, -0.2) is 9.88 Å². The standard InChI is InChI=1S/C34H29N3O3S/c1-22-8-11-25(12-9-22)21-36(31(38)19-24-6-4-3-5-7-24)29-20-32(39)37(34(29)40)27-15-13-26(14-16-27)33-35-28-17-10-23(2)18-30(28)41-33/h3-18,29H,19-21H2,1-2H3. The smallest absolute Gasteiger partial charge is 0.257 e. The van der Waals surface area contributed by atoms with Gasteiger partial charge in [0.05, 0.1) is 28.7 Å². The van der Waals surface area contributed by atoms with E-state index in [2.05, 4.69) is 13.0 Å². The van der Waals surface area contributed by atoms with E-state index in [0.29, 0.717) is 5.69 Å². The fourth-order valence-electron chi connectivity index (χ4n) is 5.17. The fourth-order valence-corrected chi connectivity index (χ4v) is 6.24. The van der Waals surface area contributed by atoms with Crippen LogP contribution in [-0.2, 0) is 27.3 Å². The SMILES string of the molecule is Cc1ccc(CN(C(=O)Cc2ccccc2)C2CC(=O)N(c3ccc(-c4nc5ccc(C)cc5s4)cc3)C2=O)cc1. The maximum Gasteiger partial charge on any atom is 0.257 e. The first-order valence-electron chi connectivity index (χ1n) is 13.6. The van der Waals surface area contributed by atoms with Gasteiger partial charge in [0.15, 0.2) is 0 Å². The van der Waals surface area contributed by atoms with Crippen molar-refractivity contribution in [3.05, 3.63) is 119 Å². The van der Waals surface area contributed by atoms with Gasteiger partial charge in [-0.3, -0.25) is 14.4 Å². The van der Waals surface area contributed by atoms with E-state index >= 15 is 0 Å². The van der Waals surface area contributed by atoms with E-state index in [1.54, 1.807) is 28.4 Å². The number of benzene rings is 4. The number of thiazole rings is 1. The highest BCUT2D eigenvalue weighted by Crippen LogP contribution is 2.33. The van der Waals surface area contributed by atoms with Crippen LogP contribution in [0.2, 0.25) is 0 Å². The predicted molar refractivity (Wildman–Crippen MR) is 163 cm³/mol. The Morgan fingerprint density at radius 3 is 2.32 bits per heavy atom. The van der Waals surface area contributed by atoms with Gasteiger partial charge in [0.1, 0.15) is 11.0 Å². The molecular weight excluding hydrogens is 530 g/mol. The number of aromatic nitrogens is 1. The summed E-state index contributed by atoms with van der Waals surface area (Å²) in [6.45, 7) is 4.31. The molecule has 1 aliphatic rings. The quantitative estimate of drug-likeness (QED) is 0.214. The molecule has 1 aliphatic heterocycles. The molecule has 3 amide bonds. The molecule has 4 aromatic carbocycles. The van der Waals surface area contributed by atoms with Crippen LogP contribution >= 0.6 is 11.3 Å². The fraction of sp³-hybridized carbons (Fsp3) is 0.176. The molecular formula is C34H29N3O3S. The maximum absolute atomic E-state index is 13.8. The lowest BCUT2D eigenvalue weighted by Crippen LogP contribution is -2.45. The van der Waals surface area contributed by atoms with Gasteiger partial charge in [-0.2, -0.15) is 0 Å². The van der Waals surface area contributed by atoms with Crippen molar-refractivity contribution in [3.8, 4) is 10.6 Å². The number of rotatable bonds is 7. The lowest BCUT2D eigenvalue weighted by atomic mass is 10.1. The molecule has 1 atom stereocenters. The number of anilines is 1. The van der Waals surface area contributed by atoms with Crippen molar-refractivity contribution < 1.29 is 14.4 Å². The van der Waals surface area contributed by atoms with Gasteiger partial charge >= 0.3 is 0 Å². The normalized spacial score (nSPS) is 15.1. The van der Waals surface area contributed by atoms with Crippen LogP contribution in [0.25, 0.3) is 20.8 Å². The average molecular weight is 560 g/mol. The average Bonchev–Trinajstić information content (AvgIpc) is 3.52. The first-order chi connectivity index (χ1) is 19.9. The molecule has 1 aromatic heterocycles. The van der Waals surface area contributed by atoms with Gasteiger partial charge in [0.25, 0.3) is 5.91 Å². The molecule has 6 rings (SSSR count). The van der Waals surface area contributed by atoms with Crippen molar-refractivity contribution in [3.63, 3.8) is 0 Å². The van der Waals surface area contributed by atoms with Crippen LogP contribution in [0.15, 0.2) is 97.1 Å². The zero-order valence-electron chi connectivity index (χ0n) is 22.9. The van der Waals surface area contributed by atoms with Crippen LogP contribution in [0.3, 0.4) is 0 Å². The number of fused-ring (bicyclic) bond motifs is 1. The Hall–Kier alpha value is -4.62. The van der Waals surface area contributed by atoms with Gasteiger partial charge in [-0.05, 0) is 66.9 Å². The maximum atomic E-state index is 13.8. The zero-order valence-corrected chi connectivity index (χ0v) is 23.7. The zero-order chi connectivity index (χ0) is 28.5. The Labute approximate surface area is 242 Å². The molecule has 204 valence electrons. The third kappa shape index (κ3) is 5.54. The molecule has 7 heteroatoms. The van der Waals surface area contributed by atoms with E-state index in [1.807, 2.05) is 85.8 Å². The highest BCUT2D eigenvalue weighted by atomic mass is 32.1. The predicted octanol–water partition coefficient (Wildman–Crippen LogP) is 6.48. The Morgan fingerprint density at radius 2 is 1.59 bits per heavy atom. The van der Waals surface area contributed by atoms with Crippen molar-refractivity contribution in [1.82, 2.24) is 9.88 Å². The first kappa shape index (κ1) is 26.6. The molecule has 0 spiro atoms. The summed E-state index contributed by atoms with van der Waals surface area (Å²) < 4.78 is 1.12. The minimum atomic E-state index is -0.868. The number of carbonyl (C=O) groups is 3. The van der Waals surface area contributed by atoms with Crippen LogP contribution in [0.4, 0.5) is 5.69 Å². The van der Waals surface area contributed by atoms with Gasteiger partial charge in [0.2, 0.25) is 11.8 Å². The summed E-state index contributed by atoms with van der Waals surface area (Å²) in [5, 5.41) is 0.880. The summed E-state index contributed by atoms with van der Waals surface area (Å²) in [7, 11) is 0. The van der Waals surface area contributed by atoms with Crippen LogP contribution in [0.1, 0.15) is 28.7 Å². The topological polar surface area (TPSA) is 70.6 Å². The molecule has 0 radical (unpaired) electrons. The van der Waals surface area contributed by atoms with E-state index in [4.69, 9.17) is 4.98 Å². The number of amides is 3. The second-order valence-corrected chi connectivity index (χ2v) is 11.5. The van der Waals surface area contributed by atoms with E-state index in [-0.39, 0.29) is 37.1 Å². The minimum absolute atomic E-state index is 0.0514. The van der Waals surface area contributed by atoms with Crippen molar-refractivity contribution in [2.24, 2.45) is 0 Å². The molecule has 2 heterocycles. The molecule has 1 fully saturated rings. The summed E-state index contributed by atoms with van der Waals surface area (Å²) in [6.07, 6.45) is 0.102. The van der Waals surface area contributed by atoms with Gasteiger partial charge < -0.3 is 4.90 Å². The molecule has 1 saturated heterocycles. The molecule has 1 unspecified atom stereocenters. The Balaban J connectivity index is 1.26. The largest absolute Gasteiger partial charge is 0.325 e. The van der Waals surface area contributed by atoms with Crippen LogP contribution < -0.4 is 4.90 Å². The number of carbonyl (C=O) groups excluding carboxylic acids is 3. The van der Waals surface area contributed by atoms with E-state index in [9.17, 15) is 14.4 Å². The Bertz CT molecular complexity index is 1740. The summed E-state index contributed by atoms with van der Waals surface area (Å²) in [5.41, 5.74) is 6.42. The molecule has 5 aromatic rings. The first-order valence-corrected chi connectivity index (χ1v) is 14.4. The Morgan fingerprint density at radius 1 is 0.878 bits per heavy atom. The van der Waals surface area contributed by atoms with Gasteiger partial charge in [0, 0.05) is 12.1 Å². The number of aryl methyl sites for hydroxylation is 2. The van der Waals surface area contributed by atoms with E-state index in [1.165, 1.54) is 10.5 Å². The highest BCUT2D eigenvalue weighted by Gasteiger charge is 2.44. The minimum Gasteiger partial charge on any atom is -0.325 e. The van der Waals surface area contributed by atoms with Crippen LogP contribution in [-0.4, -0.2) is 33.6 Å². The number of hydrogen-bond donors (Lipinski definition) is 0. The van der Waals surface area contributed by atoms with E-state index < -0.39 is 6.04 Å². The number of hydrogen-bond acceptors (Lipinski definition) is 5. The molecule has 0 aliphatic carbocycles. The summed E-state index contributed by atoms with van der Waals surface area (Å²) in [6, 6.07) is 30.0. The van der Waals surface area contributed by atoms with Crippen molar-refractivity contribution in [2.75, 3.05) is 4.90 Å². The third-order valence-corrected chi connectivity index (χ3v) is 8.47. The second-order valence-electron chi connectivity index (χ2n) is 10.5. The molecule has 0 saturated carbocycles. The van der Waals surface area contributed by atoms with Crippen LogP contribution in [0.5, 0.6) is 0 Å². The third-order valence-electron chi connectivity index (χ3n) is 7.41. The lowest BCUT2D eigenvalue weighted by Gasteiger charge is -2.28. The van der Waals surface area contributed by atoms with Gasteiger partial charge in [-0.15, -0.1) is 11.3 Å². The summed E-state index contributed by atoms with van der Waals surface area (Å²) >= 11 is 1.61. The number of nitrogens with zero attached hydrogens (tertiary/aromatic N) is 3.